The molecule has 1 fully saturated rings. The predicted octanol–water partition coefficient (Wildman–Crippen LogP) is 3.59. The van der Waals surface area contributed by atoms with Crippen molar-refractivity contribution in [2.75, 3.05) is 24.5 Å². The van der Waals surface area contributed by atoms with Gasteiger partial charge < -0.3 is 9.80 Å². The summed E-state index contributed by atoms with van der Waals surface area (Å²) in [4.78, 5) is 19.3. The third kappa shape index (κ3) is 4.30. The van der Waals surface area contributed by atoms with Crippen molar-refractivity contribution in [3.63, 3.8) is 0 Å². The Hall–Kier alpha value is -1.66. The summed E-state index contributed by atoms with van der Waals surface area (Å²) in [7, 11) is 0. The lowest BCUT2D eigenvalue weighted by Gasteiger charge is -2.40. The van der Waals surface area contributed by atoms with E-state index in [9.17, 15) is 4.79 Å². The minimum absolute atomic E-state index is 0.197. The number of piperazine rings is 1. The van der Waals surface area contributed by atoms with Gasteiger partial charge in [0.05, 0.1) is 6.42 Å². The molecule has 134 valence electrons. The zero-order chi connectivity index (χ0) is 18.0. The molecule has 2 aromatic rings. The third-order valence-electron chi connectivity index (χ3n) is 4.47. The first-order valence-electron chi connectivity index (χ1n) is 8.56. The number of halogens is 1. The first-order valence-corrected chi connectivity index (χ1v) is 9.75. The smallest absolute Gasteiger partial charge is 0.227 e. The molecule has 0 aliphatic carbocycles. The van der Waals surface area contributed by atoms with Gasteiger partial charge in [0.15, 0.2) is 11.0 Å². The van der Waals surface area contributed by atoms with Gasteiger partial charge in [-0.25, -0.2) is 0 Å². The molecule has 0 bridgehead atoms. The molecule has 3 heterocycles. The summed E-state index contributed by atoms with van der Waals surface area (Å²) in [5.41, 5.74) is 0. The number of rotatable bonds is 4. The molecule has 0 unspecified atom stereocenters. The molecule has 1 atom stereocenters. The standard InChI is InChI=1S/C18H23ClN4OS/c1-12(2)15-5-4-14(25-15)10-18(24)22-8-9-23(13(3)11-22)17-7-6-16(19)20-21-17/h4-7,12-13H,8-11H2,1-3H3/t13-/m1/s1. The highest BCUT2D eigenvalue weighted by Gasteiger charge is 2.28. The number of carbonyl (C=O) groups is 1. The number of nitrogens with zero attached hydrogens (tertiary/aromatic N) is 4. The summed E-state index contributed by atoms with van der Waals surface area (Å²) < 4.78 is 0. The lowest BCUT2D eigenvalue weighted by molar-refractivity contribution is -0.131. The first kappa shape index (κ1) is 18.1. The molecule has 7 heteroatoms. The van der Waals surface area contributed by atoms with Gasteiger partial charge >= 0.3 is 0 Å². The first-order chi connectivity index (χ1) is 11.9. The van der Waals surface area contributed by atoms with E-state index in [4.69, 9.17) is 11.6 Å². The molecule has 25 heavy (non-hydrogen) atoms. The van der Waals surface area contributed by atoms with Crippen LogP contribution in [0.5, 0.6) is 0 Å². The molecule has 1 amide bonds. The van der Waals surface area contributed by atoms with E-state index in [1.165, 1.54) is 4.88 Å². The van der Waals surface area contributed by atoms with Gasteiger partial charge in [-0.15, -0.1) is 21.5 Å². The van der Waals surface area contributed by atoms with E-state index in [-0.39, 0.29) is 11.9 Å². The summed E-state index contributed by atoms with van der Waals surface area (Å²) >= 11 is 7.55. The summed E-state index contributed by atoms with van der Waals surface area (Å²) in [6, 6.07) is 8.04. The number of hydrogen-bond donors (Lipinski definition) is 0. The molecule has 3 rings (SSSR count). The maximum absolute atomic E-state index is 12.6. The van der Waals surface area contributed by atoms with E-state index < -0.39 is 0 Å². The molecule has 1 aliphatic rings. The maximum atomic E-state index is 12.6. The highest BCUT2D eigenvalue weighted by Crippen LogP contribution is 2.25. The van der Waals surface area contributed by atoms with Crippen molar-refractivity contribution >= 4 is 34.7 Å². The summed E-state index contributed by atoms with van der Waals surface area (Å²) in [5.74, 6) is 1.52. The van der Waals surface area contributed by atoms with Gasteiger partial charge in [-0.2, -0.15) is 0 Å². The van der Waals surface area contributed by atoms with Gasteiger partial charge in [0, 0.05) is 35.4 Å². The summed E-state index contributed by atoms with van der Waals surface area (Å²) in [5, 5.41) is 8.45. The lowest BCUT2D eigenvalue weighted by Crippen LogP contribution is -2.54. The van der Waals surface area contributed by atoms with Crippen molar-refractivity contribution in [3.8, 4) is 0 Å². The minimum atomic E-state index is 0.197. The normalized spacial score (nSPS) is 18.0. The summed E-state index contributed by atoms with van der Waals surface area (Å²) in [6.07, 6.45) is 0.491. The van der Waals surface area contributed by atoms with Crippen LogP contribution in [-0.4, -0.2) is 46.7 Å². The predicted molar refractivity (Wildman–Crippen MR) is 103 cm³/mol. The fourth-order valence-corrected chi connectivity index (χ4v) is 4.15. The minimum Gasteiger partial charge on any atom is -0.349 e. The van der Waals surface area contributed by atoms with Crippen LogP contribution in [-0.2, 0) is 11.2 Å². The molecule has 5 nitrogen and oxygen atoms in total. The van der Waals surface area contributed by atoms with Crippen LogP contribution in [0.3, 0.4) is 0 Å². The number of amides is 1. The number of carbonyl (C=O) groups excluding carboxylic acids is 1. The van der Waals surface area contributed by atoms with Crippen molar-refractivity contribution in [2.24, 2.45) is 0 Å². The Balaban J connectivity index is 1.59. The fourth-order valence-electron chi connectivity index (χ4n) is 3.05. The van der Waals surface area contributed by atoms with E-state index >= 15 is 0 Å². The SMILES string of the molecule is CC(C)c1ccc(CC(=O)N2CCN(c3ccc(Cl)nn3)[C@H](C)C2)s1. The van der Waals surface area contributed by atoms with Crippen LogP contribution in [0.4, 0.5) is 5.82 Å². The Labute approximate surface area is 157 Å². The van der Waals surface area contributed by atoms with Crippen molar-refractivity contribution in [1.29, 1.82) is 0 Å². The average molecular weight is 379 g/mol. The van der Waals surface area contributed by atoms with Crippen LogP contribution in [0.25, 0.3) is 0 Å². The second-order valence-electron chi connectivity index (χ2n) is 6.73. The van der Waals surface area contributed by atoms with Gasteiger partial charge in [0.1, 0.15) is 0 Å². The molecule has 1 saturated heterocycles. The lowest BCUT2D eigenvalue weighted by atomic mass is 10.1. The molecule has 2 aromatic heterocycles. The van der Waals surface area contributed by atoms with E-state index in [0.717, 1.165) is 17.2 Å². The quantitative estimate of drug-likeness (QED) is 0.815. The molecule has 0 radical (unpaired) electrons. The Morgan fingerprint density at radius 1 is 1.28 bits per heavy atom. The number of hydrogen-bond acceptors (Lipinski definition) is 5. The van der Waals surface area contributed by atoms with E-state index in [1.54, 1.807) is 17.4 Å². The highest BCUT2D eigenvalue weighted by atomic mass is 35.5. The van der Waals surface area contributed by atoms with Crippen LogP contribution in [0.1, 0.15) is 36.4 Å². The van der Waals surface area contributed by atoms with E-state index in [0.29, 0.717) is 30.6 Å². The van der Waals surface area contributed by atoms with Crippen LogP contribution >= 0.6 is 22.9 Å². The number of anilines is 1. The van der Waals surface area contributed by atoms with Crippen molar-refractivity contribution in [3.05, 3.63) is 39.2 Å². The molecule has 0 aromatic carbocycles. The zero-order valence-electron chi connectivity index (χ0n) is 14.8. The maximum Gasteiger partial charge on any atom is 0.227 e. The highest BCUT2D eigenvalue weighted by molar-refractivity contribution is 7.12. The van der Waals surface area contributed by atoms with Gasteiger partial charge in [-0.05, 0) is 37.1 Å². The Kier molecular flexibility index (Phi) is 5.59. The number of aromatic nitrogens is 2. The fraction of sp³-hybridized carbons (Fsp3) is 0.500. The van der Waals surface area contributed by atoms with Crippen molar-refractivity contribution < 1.29 is 4.79 Å². The van der Waals surface area contributed by atoms with Crippen LogP contribution in [0, 0.1) is 0 Å². The van der Waals surface area contributed by atoms with Crippen molar-refractivity contribution in [2.45, 2.75) is 39.2 Å². The Bertz CT molecular complexity index is 731. The molecular weight excluding hydrogens is 356 g/mol. The molecular formula is C18H23ClN4OS. The van der Waals surface area contributed by atoms with Gasteiger partial charge in [-0.3, -0.25) is 4.79 Å². The summed E-state index contributed by atoms with van der Waals surface area (Å²) in [6.45, 7) is 8.63. The largest absolute Gasteiger partial charge is 0.349 e. The number of thiophene rings is 1. The average Bonchev–Trinajstić information content (AvgIpc) is 3.04. The van der Waals surface area contributed by atoms with E-state index in [1.807, 2.05) is 11.0 Å². The second-order valence-corrected chi connectivity index (χ2v) is 8.32. The van der Waals surface area contributed by atoms with Crippen LogP contribution in [0.15, 0.2) is 24.3 Å². The topological polar surface area (TPSA) is 49.3 Å². The monoisotopic (exact) mass is 378 g/mol. The molecule has 0 N–H and O–H groups in total. The Morgan fingerprint density at radius 2 is 2.08 bits per heavy atom. The van der Waals surface area contributed by atoms with Gasteiger partial charge in [0.2, 0.25) is 5.91 Å². The van der Waals surface area contributed by atoms with Crippen LogP contribution in [0.2, 0.25) is 5.15 Å². The van der Waals surface area contributed by atoms with Crippen molar-refractivity contribution in [1.82, 2.24) is 15.1 Å². The van der Waals surface area contributed by atoms with Crippen LogP contribution < -0.4 is 4.90 Å². The van der Waals surface area contributed by atoms with Gasteiger partial charge in [0.25, 0.3) is 0 Å². The zero-order valence-corrected chi connectivity index (χ0v) is 16.3. The molecule has 0 spiro atoms. The van der Waals surface area contributed by atoms with Gasteiger partial charge in [-0.1, -0.05) is 25.4 Å². The molecule has 0 saturated carbocycles. The van der Waals surface area contributed by atoms with E-state index in [2.05, 4.69) is 48.0 Å². The second kappa shape index (κ2) is 7.70. The Morgan fingerprint density at radius 3 is 2.68 bits per heavy atom. The third-order valence-corrected chi connectivity index (χ3v) is 6.06. The molecule has 1 aliphatic heterocycles.